The second-order valence-electron chi connectivity index (χ2n) is 1.37. The lowest BCUT2D eigenvalue weighted by Gasteiger charge is -2.02. The third-order valence-corrected chi connectivity index (χ3v) is 1.86. The molecule has 0 saturated carbocycles. The highest BCUT2D eigenvalue weighted by Crippen LogP contribution is 2.37. The van der Waals surface area contributed by atoms with E-state index in [1.807, 2.05) is 0 Å². The average Bonchev–Trinajstić information content (AvgIpc) is 1.63. The summed E-state index contributed by atoms with van der Waals surface area (Å²) in [5, 5.41) is 7.97. The molecule has 0 saturated heterocycles. The molecule has 0 bridgehead atoms. The molecular weight excluding hydrogens is 146 g/mol. The van der Waals surface area contributed by atoms with Crippen LogP contribution in [0.2, 0.25) is 0 Å². The van der Waals surface area contributed by atoms with Crippen LogP contribution in [0.3, 0.4) is 0 Å². The SMILES string of the molecule is COP(=O)(O)BC(=O)O. The van der Waals surface area contributed by atoms with Crippen molar-refractivity contribution in [2.45, 2.75) is 0 Å². The molecule has 1 atom stereocenters. The van der Waals surface area contributed by atoms with Crippen LogP contribution in [0.15, 0.2) is 0 Å². The summed E-state index contributed by atoms with van der Waals surface area (Å²) in [5.74, 6) is -1.34. The smallest absolute Gasteiger partial charge is 0.401 e. The van der Waals surface area contributed by atoms with Crippen molar-refractivity contribution in [2.75, 3.05) is 7.11 Å². The highest BCUT2D eigenvalue weighted by Gasteiger charge is 2.24. The molecule has 0 amide bonds. The first kappa shape index (κ1) is 8.68. The van der Waals surface area contributed by atoms with Gasteiger partial charge in [-0.3, -0.25) is 9.36 Å². The van der Waals surface area contributed by atoms with E-state index in [0.717, 1.165) is 7.11 Å². The summed E-state index contributed by atoms with van der Waals surface area (Å²) in [6, 6.07) is 0. The van der Waals surface area contributed by atoms with Crippen LogP contribution in [0.5, 0.6) is 0 Å². The fourth-order valence-corrected chi connectivity index (χ4v) is 0.706. The topological polar surface area (TPSA) is 83.8 Å². The Labute approximate surface area is 52.4 Å². The molecule has 0 aromatic carbocycles. The first-order valence-corrected chi connectivity index (χ1v) is 3.83. The van der Waals surface area contributed by atoms with E-state index in [0.29, 0.717) is 0 Å². The van der Waals surface area contributed by atoms with Crippen molar-refractivity contribution in [1.82, 2.24) is 0 Å². The third-order valence-electron chi connectivity index (χ3n) is 0.620. The van der Waals surface area contributed by atoms with Crippen molar-refractivity contribution in [3.8, 4) is 0 Å². The van der Waals surface area contributed by atoms with Gasteiger partial charge in [0.05, 0.1) is 0 Å². The summed E-state index contributed by atoms with van der Waals surface area (Å²) in [6.45, 7) is -0.844. The molecule has 0 heterocycles. The third kappa shape index (κ3) is 4.21. The summed E-state index contributed by atoms with van der Waals surface area (Å²) in [5.41, 5.74) is 0. The highest BCUT2D eigenvalue weighted by atomic mass is 31.2. The van der Waals surface area contributed by atoms with Crippen LogP contribution in [-0.2, 0) is 9.09 Å². The first-order valence-electron chi connectivity index (χ1n) is 2.07. The molecule has 5 nitrogen and oxygen atoms in total. The Morgan fingerprint density at radius 3 is 2.33 bits per heavy atom. The van der Waals surface area contributed by atoms with Gasteiger partial charge in [-0.25, -0.2) is 0 Å². The number of carbonyl (C=O) groups is 1. The summed E-state index contributed by atoms with van der Waals surface area (Å²) >= 11 is 0. The van der Waals surface area contributed by atoms with Gasteiger partial charge >= 0.3 is 7.00 Å². The van der Waals surface area contributed by atoms with Crippen molar-refractivity contribution in [2.24, 2.45) is 0 Å². The number of carboxylic acid groups (broad SMARTS) is 1. The highest BCUT2D eigenvalue weighted by molar-refractivity contribution is 7.86. The maximum absolute atomic E-state index is 10.3. The van der Waals surface area contributed by atoms with Crippen molar-refractivity contribution in [1.29, 1.82) is 0 Å². The van der Waals surface area contributed by atoms with Gasteiger partial charge in [0.25, 0.3) is 13.3 Å². The van der Waals surface area contributed by atoms with Crippen molar-refractivity contribution in [3.63, 3.8) is 0 Å². The summed E-state index contributed by atoms with van der Waals surface area (Å²) in [7, 11) is -2.84. The molecule has 0 rings (SSSR count). The van der Waals surface area contributed by atoms with E-state index in [1.54, 1.807) is 0 Å². The van der Waals surface area contributed by atoms with E-state index in [-0.39, 0.29) is 0 Å². The van der Waals surface area contributed by atoms with Crippen molar-refractivity contribution in [3.05, 3.63) is 0 Å². The molecule has 0 radical (unpaired) electrons. The standard InChI is InChI=1S/C2H6BO5P/c1-8-9(6,7)3-2(4)5/h3H,1H3,(H,4,5)(H,6,7). The fraction of sp³-hybridized carbons (Fsp3) is 0.500. The maximum atomic E-state index is 10.3. The normalized spacial score (nSPS) is 16.2. The van der Waals surface area contributed by atoms with Crippen LogP contribution in [0.25, 0.3) is 0 Å². The minimum atomic E-state index is -3.83. The van der Waals surface area contributed by atoms with Crippen LogP contribution in [0.4, 0.5) is 4.79 Å². The van der Waals surface area contributed by atoms with Crippen LogP contribution >= 0.6 is 7.47 Å². The molecule has 0 aromatic heterocycles. The van der Waals surface area contributed by atoms with Gasteiger partial charge in [-0.1, -0.05) is 0 Å². The lowest BCUT2D eigenvalue weighted by atomic mass is 10.1. The van der Waals surface area contributed by atoms with Gasteiger partial charge in [0.1, 0.15) is 0 Å². The van der Waals surface area contributed by atoms with Gasteiger partial charge < -0.3 is 14.5 Å². The first-order chi connectivity index (χ1) is 3.98. The van der Waals surface area contributed by atoms with E-state index < -0.39 is 20.3 Å². The summed E-state index contributed by atoms with van der Waals surface area (Å²) < 4.78 is 14.3. The van der Waals surface area contributed by atoms with E-state index in [2.05, 4.69) is 4.52 Å². The second kappa shape index (κ2) is 3.01. The zero-order valence-electron chi connectivity index (χ0n) is 4.77. The molecule has 0 aliphatic carbocycles. The van der Waals surface area contributed by atoms with Gasteiger partial charge in [0, 0.05) is 7.11 Å². The Hall–Kier alpha value is -0.315. The Bertz CT molecular complexity index is 155. The van der Waals surface area contributed by atoms with Gasteiger partial charge in [-0.05, 0) is 0 Å². The predicted molar refractivity (Wildman–Crippen MR) is 32.0 cm³/mol. The van der Waals surface area contributed by atoms with Crippen LogP contribution < -0.4 is 0 Å². The molecule has 7 heteroatoms. The Morgan fingerprint density at radius 2 is 2.22 bits per heavy atom. The second-order valence-corrected chi connectivity index (χ2v) is 3.33. The lowest BCUT2D eigenvalue weighted by Crippen LogP contribution is -2.06. The van der Waals surface area contributed by atoms with E-state index >= 15 is 0 Å². The lowest BCUT2D eigenvalue weighted by molar-refractivity contribution is 0.220. The van der Waals surface area contributed by atoms with Crippen LogP contribution in [0.1, 0.15) is 0 Å². The zero-order valence-corrected chi connectivity index (χ0v) is 5.67. The summed E-state index contributed by atoms with van der Waals surface area (Å²) in [4.78, 5) is 18.2. The molecule has 0 aliphatic heterocycles. The molecule has 2 N–H and O–H groups in total. The molecule has 0 spiro atoms. The predicted octanol–water partition coefficient (Wildman–Crippen LogP) is -0.152. The Kier molecular flexibility index (Phi) is 2.90. The molecule has 0 aliphatic rings. The monoisotopic (exact) mass is 152 g/mol. The molecule has 0 fully saturated rings. The molecule has 9 heavy (non-hydrogen) atoms. The minimum Gasteiger partial charge on any atom is -0.489 e. The number of hydrogen-bond acceptors (Lipinski definition) is 3. The van der Waals surface area contributed by atoms with Gasteiger partial charge in [0.15, 0.2) is 0 Å². The molecule has 52 valence electrons. The average molecular weight is 152 g/mol. The van der Waals surface area contributed by atoms with Crippen LogP contribution in [-0.4, -0.2) is 30.0 Å². The number of rotatable bonds is 3. The number of hydrogen-bond donors (Lipinski definition) is 2. The van der Waals surface area contributed by atoms with Crippen LogP contribution in [0, 0.1) is 0 Å². The van der Waals surface area contributed by atoms with Gasteiger partial charge in [-0.2, -0.15) is 0 Å². The molecule has 0 aromatic rings. The van der Waals surface area contributed by atoms with Gasteiger partial charge in [0.2, 0.25) is 0 Å². The Morgan fingerprint density at radius 1 is 1.78 bits per heavy atom. The zero-order chi connectivity index (χ0) is 7.49. The Balaban J connectivity index is 3.88. The van der Waals surface area contributed by atoms with E-state index in [1.165, 1.54) is 0 Å². The summed E-state index contributed by atoms with van der Waals surface area (Å²) in [6.07, 6.45) is 0. The molecule has 1 unspecified atom stereocenters. The maximum Gasteiger partial charge on any atom is 0.401 e. The van der Waals surface area contributed by atoms with E-state index in [4.69, 9.17) is 10.00 Å². The van der Waals surface area contributed by atoms with Crippen molar-refractivity contribution >= 4 is 20.3 Å². The molecular formula is C2H6BO5P. The largest absolute Gasteiger partial charge is 0.489 e. The van der Waals surface area contributed by atoms with Crippen molar-refractivity contribution < 1.29 is 23.9 Å². The quantitative estimate of drug-likeness (QED) is 0.433. The minimum absolute atomic E-state index is 0.844. The fourth-order valence-electron chi connectivity index (χ4n) is 0.235. The van der Waals surface area contributed by atoms with Gasteiger partial charge in [-0.15, -0.1) is 0 Å². The van der Waals surface area contributed by atoms with E-state index in [9.17, 15) is 9.36 Å².